The Labute approximate surface area is 154 Å². The minimum absolute atomic E-state index is 0.00943. The summed E-state index contributed by atoms with van der Waals surface area (Å²) in [6.07, 6.45) is 6.76. The number of ether oxygens (including phenoxy) is 1. The smallest absolute Gasteiger partial charge is 0.250 e. The third kappa shape index (κ3) is 4.35. The van der Waals surface area contributed by atoms with Gasteiger partial charge in [-0.25, -0.2) is 0 Å². The molecule has 0 radical (unpaired) electrons. The molecule has 0 bridgehead atoms. The van der Waals surface area contributed by atoms with E-state index in [1.54, 1.807) is 16.8 Å². The highest BCUT2D eigenvalue weighted by molar-refractivity contribution is 5.76. The third-order valence-electron chi connectivity index (χ3n) is 6.09. The molecule has 0 aromatic carbocycles. The van der Waals surface area contributed by atoms with Crippen LogP contribution in [-0.2, 0) is 16.1 Å². The van der Waals surface area contributed by atoms with Crippen LogP contribution in [0.25, 0.3) is 0 Å². The summed E-state index contributed by atoms with van der Waals surface area (Å²) >= 11 is 0. The van der Waals surface area contributed by atoms with Gasteiger partial charge in [-0.1, -0.05) is 6.07 Å². The van der Waals surface area contributed by atoms with Gasteiger partial charge < -0.3 is 19.9 Å². The van der Waals surface area contributed by atoms with E-state index in [-0.39, 0.29) is 23.6 Å². The number of hydrogen-bond donors (Lipinski definition) is 2. The fraction of sp³-hybridized carbons (Fsp3) is 0.700. The molecule has 26 heavy (non-hydrogen) atoms. The highest BCUT2D eigenvalue weighted by atomic mass is 16.5. The van der Waals surface area contributed by atoms with Gasteiger partial charge in [0.25, 0.3) is 5.56 Å². The topological polar surface area (TPSA) is 72.4 Å². The van der Waals surface area contributed by atoms with Gasteiger partial charge >= 0.3 is 0 Å². The van der Waals surface area contributed by atoms with E-state index in [9.17, 15) is 9.59 Å². The minimum Gasteiger partial charge on any atom is -0.376 e. The maximum absolute atomic E-state index is 12.5. The second kappa shape index (κ2) is 7.92. The number of nitrogens with zero attached hydrogens (tertiary/aromatic N) is 1. The maximum atomic E-state index is 12.5. The van der Waals surface area contributed by atoms with Crippen molar-refractivity contribution >= 4 is 5.91 Å². The van der Waals surface area contributed by atoms with Gasteiger partial charge in [0, 0.05) is 31.8 Å². The molecule has 0 spiro atoms. The third-order valence-corrected chi connectivity index (χ3v) is 6.09. The first-order chi connectivity index (χ1) is 12.7. The number of hydrogen-bond acceptors (Lipinski definition) is 4. The van der Waals surface area contributed by atoms with Gasteiger partial charge in [-0.2, -0.15) is 0 Å². The number of amides is 1. The molecule has 1 saturated heterocycles. The molecule has 2 saturated carbocycles. The van der Waals surface area contributed by atoms with Crippen LogP contribution in [0.2, 0.25) is 0 Å². The Morgan fingerprint density at radius 1 is 1.23 bits per heavy atom. The fourth-order valence-electron chi connectivity index (χ4n) is 4.31. The van der Waals surface area contributed by atoms with E-state index in [1.807, 2.05) is 6.07 Å². The lowest BCUT2D eigenvalue weighted by atomic mass is 9.77. The summed E-state index contributed by atoms with van der Waals surface area (Å²) in [6.45, 7) is 3.37. The Hall–Kier alpha value is -1.66. The second-order valence-corrected chi connectivity index (χ2v) is 8.12. The van der Waals surface area contributed by atoms with E-state index < -0.39 is 0 Å². The zero-order chi connectivity index (χ0) is 17.9. The van der Waals surface area contributed by atoms with Crippen LogP contribution < -0.4 is 16.2 Å². The first-order valence-electron chi connectivity index (χ1n) is 9.96. The van der Waals surface area contributed by atoms with Gasteiger partial charge in [0.2, 0.25) is 5.91 Å². The molecule has 3 aliphatic rings. The summed E-state index contributed by atoms with van der Waals surface area (Å²) in [5, 5.41) is 6.69. The molecule has 2 heterocycles. The summed E-state index contributed by atoms with van der Waals surface area (Å²) in [5.41, 5.74) is -0.0662. The van der Waals surface area contributed by atoms with Crippen molar-refractivity contribution < 1.29 is 9.53 Å². The van der Waals surface area contributed by atoms with E-state index in [2.05, 4.69) is 10.6 Å². The number of fused-ring (bicyclic) bond motifs is 1. The average molecular weight is 359 g/mol. The Kier molecular flexibility index (Phi) is 5.41. The molecule has 1 aromatic rings. The lowest BCUT2D eigenvalue weighted by Crippen LogP contribution is -2.50. The highest BCUT2D eigenvalue weighted by Crippen LogP contribution is 2.36. The van der Waals surface area contributed by atoms with Crippen molar-refractivity contribution in [3.05, 3.63) is 34.7 Å². The molecule has 3 fully saturated rings. The number of aryl methyl sites for hydroxylation is 1. The lowest BCUT2D eigenvalue weighted by molar-refractivity contribution is -0.124. The Morgan fingerprint density at radius 2 is 2.04 bits per heavy atom. The first kappa shape index (κ1) is 17.7. The summed E-state index contributed by atoms with van der Waals surface area (Å²) in [6, 6.07) is 5.15. The van der Waals surface area contributed by atoms with E-state index in [4.69, 9.17) is 4.74 Å². The molecule has 4 rings (SSSR count). The molecule has 1 aliphatic heterocycles. The largest absolute Gasteiger partial charge is 0.376 e. The van der Waals surface area contributed by atoms with Crippen LogP contribution in [0.5, 0.6) is 0 Å². The maximum Gasteiger partial charge on any atom is 0.250 e. The number of carbonyl (C=O) groups is 1. The molecule has 4 atom stereocenters. The molecule has 2 aliphatic carbocycles. The normalized spacial score (nSPS) is 30.8. The van der Waals surface area contributed by atoms with Crippen molar-refractivity contribution in [1.29, 1.82) is 0 Å². The molecule has 6 heteroatoms. The van der Waals surface area contributed by atoms with Crippen LogP contribution >= 0.6 is 0 Å². The predicted molar refractivity (Wildman–Crippen MR) is 98.8 cm³/mol. The van der Waals surface area contributed by atoms with Crippen molar-refractivity contribution in [2.45, 2.75) is 50.8 Å². The average Bonchev–Trinajstić information content (AvgIpc) is 3.36. The Morgan fingerprint density at radius 3 is 2.81 bits per heavy atom. The molecular weight excluding hydrogens is 330 g/mol. The van der Waals surface area contributed by atoms with Gasteiger partial charge in [-0.15, -0.1) is 0 Å². The number of pyridine rings is 1. The molecule has 2 N–H and O–H groups in total. The van der Waals surface area contributed by atoms with Crippen LogP contribution in [0.15, 0.2) is 29.2 Å². The van der Waals surface area contributed by atoms with Crippen molar-refractivity contribution in [1.82, 2.24) is 15.2 Å². The Bertz CT molecular complexity index is 685. The first-order valence-corrected chi connectivity index (χ1v) is 9.96. The summed E-state index contributed by atoms with van der Waals surface area (Å²) in [4.78, 5) is 24.2. The van der Waals surface area contributed by atoms with E-state index in [0.29, 0.717) is 24.8 Å². The SMILES string of the molecule is O=C(CCn1ccccc1=O)N[C@H]1C[C@H]2CNC[C@H]2C[C@@H]1OCC1CC1. The second-order valence-electron chi connectivity index (χ2n) is 8.12. The lowest BCUT2D eigenvalue weighted by Gasteiger charge is -2.38. The molecule has 1 amide bonds. The molecule has 142 valence electrons. The van der Waals surface area contributed by atoms with Crippen molar-refractivity contribution in [3.63, 3.8) is 0 Å². The van der Waals surface area contributed by atoms with E-state index >= 15 is 0 Å². The van der Waals surface area contributed by atoms with Gasteiger partial charge in [-0.05, 0) is 62.6 Å². The van der Waals surface area contributed by atoms with Crippen molar-refractivity contribution in [2.75, 3.05) is 19.7 Å². The number of nitrogens with one attached hydrogen (secondary N) is 2. The zero-order valence-electron chi connectivity index (χ0n) is 15.2. The summed E-state index contributed by atoms with van der Waals surface area (Å²) in [7, 11) is 0. The van der Waals surface area contributed by atoms with Crippen molar-refractivity contribution in [2.24, 2.45) is 17.8 Å². The van der Waals surface area contributed by atoms with Crippen LogP contribution in [0.1, 0.15) is 32.1 Å². The van der Waals surface area contributed by atoms with Crippen molar-refractivity contribution in [3.8, 4) is 0 Å². The predicted octanol–water partition coefficient (Wildman–Crippen LogP) is 1.15. The minimum atomic E-state index is -0.0662. The van der Waals surface area contributed by atoms with Crippen LogP contribution in [0.4, 0.5) is 0 Å². The fourth-order valence-corrected chi connectivity index (χ4v) is 4.31. The van der Waals surface area contributed by atoms with Crippen LogP contribution in [0, 0.1) is 17.8 Å². The van der Waals surface area contributed by atoms with Gasteiger partial charge in [0.1, 0.15) is 0 Å². The molecule has 1 aromatic heterocycles. The summed E-state index contributed by atoms with van der Waals surface area (Å²) < 4.78 is 7.79. The number of carbonyl (C=O) groups excluding carboxylic acids is 1. The van der Waals surface area contributed by atoms with E-state index in [1.165, 1.54) is 18.9 Å². The van der Waals surface area contributed by atoms with Crippen LogP contribution in [-0.4, -0.2) is 42.3 Å². The van der Waals surface area contributed by atoms with Gasteiger partial charge in [0.05, 0.1) is 12.1 Å². The number of rotatable bonds is 7. The molecule has 6 nitrogen and oxygen atoms in total. The molecular formula is C20H29N3O3. The summed E-state index contributed by atoms with van der Waals surface area (Å²) in [5.74, 6) is 2.05. The quantitative estimate of drug-likeness (QED) is 0.766. The van der Waals surface area contributed by atoms with Crippen LogP contribution in [0.3, 0.4) is 0 Å². The zero-order valence-corrected chi connectivity index (χ0v) is 15.2. The highest BCUT2D eigenvalue weighted by Gasteiger charge is 2.41. The molecule has 0 unspecified atom stereocenters. The number of aromatic nitrogens is 1. The standard InChI is InChI=1S/C20H29N3O3/c24-19(6-8-23-7-2-1-3-20(23)25)22-17-9-15-11-21-12-16(15)10-18(17)26-13-14-4-5-14/h1-3,7,14-18,21H,4-6,8-13H2,(H,22,24)/t15-,16+,17-,18-/m0/s1. The van der Waals surface area contributed by atoms with Gasteiger partial charge in [-0.3, -0.25) is 9.59 Å². The Balaban J connectivity index is 1.33. The van der Waals surface area contributed by atoms with Gasteiger partial charge in [0.15, 0.2) is 0 Å². The monoisotopic (exact) mass is 359 g/mol. The van der Waals surface area contributed by atoms with E-state index in [0.717, 1.165) is 38.5 Å².